The van der Waals surface area contributed by atoms with Crippen LogP contribution in [0.25, 0.3) is 0 Å². The maximum Gasteiger partial charge on any atom is 0.175 e. The van der Waals surface area contributed by atoms with Crippen LogP contribution in [0.1, 0.15) is 12.5 Å². The van der Waals surface area contributed by atoms with Crippen LogP contribution in [-0.4, -0.2) is 11.7 Å². The van der Waals surface area contributed by atoms with Gasteiger partial charge in [0, 0.05) is 0 Å². The van der Waals surface area contributed by atoms with Gasteiger partial charge in [0.15, 0.2) is 11.5 Å². The first kappa shape index (κ1) is 9.39. The molecular formula is C9H11BrO2. The number of aromatic hydroxyl groups is 1. The fourth-order valence-corrected chi connectivity index (χ4v) is 1.68. The van der Waals surface area contributed by atoms with E-state index in [0.717, 1.165) is 10.0 Å². The Balaban J connectivity index is 3.10. The molecule has 0 amide bonds. The Kier molecular flexibility index (Phi) is 2.98. The molecule has 0 aliphatic carbocycles. The van der Waals surface area contributed by atoms with Gasteiger partial charge in [-0.2, -0.15) is 0 Å². The molecule has 3 heteroatoms. The largest absolute Gasteiger partial charge is 0.504 e. The van der Waals surface area contributed by atoms with E-state index in [1.807, 2.05) is 19.9 Å². The predicted octanol–water partition coefficient (Wildman–Crippen LogP) is 2.86. The van der Waals surface area contributed by atoms with E-state index >= 15 is 0 Å². The smallest absolute Gasteiger partial charge is 0.175 e. The van der Waals surface area contributed by atoms with Crippen LogP contribution in [0.4, 0.5) is 0 Å². The summed E-state index contributed by atoms with van der Waals surface area (Å²) in [6, 6.07) is 3.58. The molecule has 0 saturated carbocycles. The lowest BCUT2D eigenvalue weighted by Crippen LogP contribution is -1.93. The van der Waals surface area contributed by atoms with Gasteiger partial charge >= 0.3 is 0 Å². The minimum Gasteiger partial charge on any atom is -0.504 e. The van der Waals surface area contributed by atoms with Crippen molar-refractivity contribution in [2.75, 3.05) is 6.61 Å². The molecule has 0 spiro atoms. The number of halogens is 1. The Morgan fingerprint density at radius 3 is 2.67 bits per heavy atom. The van der Waals surface area contributed by atoms with Crippen LogP contribution in [0.5, 0.6) is 11.5 Å². The van der Waals surface area contributed by atoms with Crippen LogP contribution in [-0.2, 0) is 0 Å². The van der Waals surface area contributed by atoms with E-state index in [9.17, 15) is 5.11 Å². The number of hydrogen-bond acceptors (Lipinski definition) is 2. The maximum absolute atomic E-state index is 9.45. The molecule has 2 nitrogen and oxygen atoms in total. The van der Waals surface area contributed by atoms with E-state index in [1.54, 1.807) is 6.07 Å². The topological polar surface area (TPSA) is 29.5 Å². The first-order valence-corrected chi connectivity index (χ1v) is 4.56. The van der Waals surface area contributed by atoms with Crippen molar-refractivity contribution in [1.82, 2.24) is 0 Å². The number of aryl methyl sites for hydroxylation is 1. The summed E-state index contributed by atoms with van der Waals surface area (Å²) in [7, 11) is 0. The molecule has 1 rings (SSSR count). The Hall–Kier alpha value is -0.700. The van der Waals surface area contributed by atoms with Gasteiger partial charge in [-0.1, -0.05) is 0 Å². The molecule has 0 bridgehead atoms. The van der Waals surface area contributed by atoms with Crippen LogP contribution in [0, 0.1) is 6.92 Å². The zero-order chi connectivity index (χ0) is 9.14. The number of phenols is 1. The fourth-order valence-electron chi connectivity index (χ4n) is 0.998. The van der Waals surface area contributed by atoms with E-state index in [1.165, 1.54) is 0 Å². The first-order valence-electron chi connectivity index (χ1n) is 3.77. The van der Waals surface area contributed by atoms with Gasteiger partial charge in [0.25, 0.3) is 0 Å². The lowest BCUT2D eigenvalue weighted by atomic mass is 10.2. The monoisotopic (exact) mass is 230 g/mol. The third-order valence-electron chi connectivity index (χ3n) is 1.46. The highest BCUT2D eigenvalue weighted by Crippen LogP contribution is 2.35. The van der Waals surface area contributed by atoms with Gasteiger partial charge in [0.2, 0.25) is 0 Å². The minimum absolute atomic E-state index is 0.184. The van der Waals surface area contributed by atoms with Gasteiger partial charge in [-0.15, -0.1) is 0 Å². The Morgan fingerprint density at radius 2 is 2.17 bits per heavy atom. The Labute approximate surface area is 80.3 Å². The molecule has 0 heterocycles. The van der Waals surface area contributed by atoms with Crippen LogP contribution in [0.15, 0.2) is 16.6 Å². The fraction of sp³-hybridized carbons (Fsp3) is 0.333. The quantitative estimate of drug-likeness (QED) is 0.847. The average molecular weight is 231 g/mol. The Morgan fingerprint density at radius 1 is 1.50 bits per heavy atom. The van der Waals surface area contributed by atoms with E-state index in [-0.39, 0.29) is 5.75 Å². The molecule has 0 radical (unpaired) electrons. The van der Waals surface area contributed by atoms with Gasteiger partial charge in [-0.05, 0) is 47.5 Å². The van der Waals surface area contributed by atoms with E-state index < -0.39 is 0 Å². The second-order valence-electron chi connectivity index (χ2n) is 2.53. The SMILES string of the molecule is CCOc1c(O)cc(C)cc1Br. The molecular weight excluding hydrogens is 220 g/mol. The summed E-state index contributed by atoms with van der Waals surface area (Å²) < 4.78 is 6.02. The van der Waals surface area contributed by atoms with Crippen molar-refractivity contribution in [3.8, 4) is 11.5 Å². The van der Waals surface area contributed by atoms with Crippen molar-refractivity contribution in [2.45, 2.75) is 13.8 Å². The van der Waals surface area contributed by atoms with Crippen molar-refractivity contribution >= 4 is 15.9 Å². The molecule has 1 aromatic carbocycles. The van der Waals surface area contributed by atoms with Gasteiger partial charge in [-0.3, -0.25) is 0 Å². The van der Waals surface area contributed by atoms with Crippen LogP contribution in [0.3, 0.4) is 0 Å². The minimum atomic E-state index is 0.184. The normalized spacial score (nSPS) is 9.92. The summed E-state index contributed by atoms with van der Waals surface area (Å²) >= 11 is 3.31. The third kappa shape index (κ3) is 1.91. The van der Waals surface area contributed by atoms with Crippen LogP contribution >= 0.6 is 15.9 Å². The van der Waals surface area contributed by atoms with Gasteiger partial charge in [0.05, 0.1) is 11.1 Å². The molecule has 1 N–H and O–H groups in total. The van der Waals surface area contributed by atoms with Gasteiger partial charge in [-0.25, -0.2) is 0 Å². The summed E-state index contributed by atoms with van der Waals surface area (Å²) in [5, 5.41) is 9.45. The van der Waals surface area contributed by atoms with Gasteiger partial charge < -0.3 is 9.84 Å². The molecule has 12 heavy (non-hydrogen) atoms. The lowest BCUT2D eigenvalue weighted by Gasteiger charge is -2.08. The number of hydrogen-bond donors (Lipinski definition) is 1. The zero-order valence-electron chi connectivity index (χ0n) is 7.10. The molecule has 0 aliphatic heterocycles. The molecule has 0 aliphatic rings. The average Bonchev–Trinajstić information content (AvgIpc) is 1.96. The lowest BCUT2D eigenvalue weighted by molar-refractivity contribution is 0.316. The first-order chi connectivity index (χ1) is 5.65. The van der Waals surface area contributed by atoms with Crippen LogP contribution < -0.4 is 4.74 Å². The molecule has 0 aromatic heterocycles. The number of phenolic OH excluding ortho intramolecular Hbond substituents is 1. The predicted molar refractivity (Wildman–Crippen MR) is 51.7 cm³/mol. The number of rotatable bonds is 2. The summed E-state index contributed by atoms with van der Waals surface area (Å²) in [4.78, 5) is 0. The van der Waals surface area contributed by atoms with Crippen molar-refractivity contribution in [3.05, 3.63) is 22.2 Å². The molecule has 66 valence electrons. The maximum atomic E-state index is 9.45. The highest BCUT2D eigenvalue weighted by atomic mass is 79.9. The second-order valence-corrected chi connectivity index (χ2v) is 3.38. The highest BCUT2D eigenvalue weighted by Gasteiger charge is 2.06. The van der Waals surface area contributed by atoms with Crippen LogP contribution in [0.2, 0.25) is 0 Å². The molecule has 0 atom stereocenters. The molecule has 0 fully saturated rings. The van der Waals surface area contributed by atoms with E-state index in [4.69, 9.17) is 4.74 Å². The molecule has 0 unspecified atom stereocenters. The number of benzene rings is 1. The van der Waals surface area contributed by atoms with Crippen molar-refractivity contribution in [1.29, 1.82) is 0 Å². The zero-order valence-corrected chi connectivity index (χ0v) is 8.68. The Bertz CT molecular complexity index is 261. The summed E-state index contributed by atoms with van der Waals surface area (Å²) in [5.74, 6) is 0.701. The summed E-state index contributed by atoms with van der Waals surface area (Å²) in [6.45, 7) is 4.35. The number of ether oxygens (including phenoxy) is 1. The third-order valence-corrected chi connectivity index (χ3v) is 2.05. The summed E-state index contributed by atoms with van der Waals surface area (Å²) in [6.07, 6.45) is 0. The van der Waals surface area contributed by atoms with Gasteiger partial charge in [0.1, 0.15) is 0 Å². The standard InChI is InChI=1S/C9H11BrO2/c1-3-12-9-7(10)4-6(2)5-8(9)11/h4-5,11H,3H2,1-2H3. The van der Waals surface area contributed by atoms with Crippen molar-refractivity contribution in [2.24, 2.45) is 0 Å². The van der Waals surface area contributed by atoms with Crippen molar-refractivity contribution in [3.63, 3.8) is 0 Å². The summed E-state index contributed by atoms with van der Waals surface area (Å²) in [5.41, 5.74) is 1.00. The van der Waals surface area contributed by atoms with Crippen molar-refractivity contribution < 1.29 is 9.84 Å². The molecule has 0 saturated heterocycles. The molecule has 1 aromatic rings. The van der Waals surface area contributed by atoms with E-state index in [2.05, 4.69) is 15.9 Å². The second kappa shape index (κ2) is 3.81. The highest BCUT2D eigenvalue weighted by molar-refractivity contribution is 9.10. The van der Waals surface area contributed by atoms with E-state index in [0.29, 0.717) is 12.4 Å².